The molecule has 1 aromatic rings. The minimum atomic E-state index is -1.19. The molecule has 0 aliphatic heterocycles. The van der Waals surface area contributed by atoms with E-state index in [1.807, 2.05) is 0 Å². The van der Waals surface area contributed by atoms with E-state index >= 15 is 0 Å². The summed E-state index contributed by atoms with van der Waals surface area (Å²) in [6.07, 6.45) is -0.930. The molecule has 0 spiro atoms. The normalized spacial score (nSPS) is 12.6. The molecule has 1 aromatic carbocycles. The fourth-order valence-corrected chi connectivity index (χ4v) is 2.39. The first kappa shape index (κ1) is 38.1. The fourth-order valence-electron chi connectivity index (χ4n) is 1.95. The van der Waals surface area contributed by atoms with E-state index in [4.69, 9.17) is 38.5 Å². The van der Waals surface area contributed by atoms with Crippen molar-refractivity contribution in [2.75, 3.05) is 6.54 Å². The van der Waals surface area contributed by atoms with E-state index in [9.17, 15) is 4.79 Å². The smallest absolute Gasteiger partial charge is 0.408 e. The standard InChI is InChI=1S/C13H18Cl2N2O25/c1-13(2,3)21-12(18)16-10(8-5-4-6-9(14)11(8)15)7-17(22-26-30-34-38-40-36-32-28-24-19)23-27-31-35-39-42-41-37-33-29-25-20/h4-6,10,19-20H,7H2,1-3H3,(H,16,18). The van der Waals surface area contributed by atoms with E-state index in [1.54, 1.807) is 20.8 Å². The van der Waals surface area contributed by atoms with Crippen LogP contribution in [-0.4, -0.2) is 34.0 Å². The number of hydroxylamine groups is 2. The summed E-state index contributed by atoms with van der Waals surface area (Å²) in [6.45, 7) is 4.18. The molecule has 0 radical (unpaired) electrons. The molecule has 0 aliphatic carbocycles. The molecule has 1 atom stereocenters. The van der Waals surface area contributed by atoms with Crippen molar-refractivity contribution in [1.29, 1.82) is 0 Å². The van der Waals surface area contributed by atoms with Gasteiger partial charge in [-0.2, -0.15) is 0 Å². The first-order valence-electron chi connectivity index (χ1n) is 9.68. The summed E-state index contributed by atoms with van der Waals surface area (Å²) in [6, 6.07) is 3.23. The number of hydrogen-bond donors (Lipinski definition) is 3. The first-order valence-corrected chi connectivity index (χ1v) is 10.4. The Morgan fingerprint density at radius 2 is 1.19 bits per heavy atom. The number of benzene rings is 1. The highest BCUT2D eigenvalue weighted by Gasteiger charge is 2.27. The van der Waals surface area contributed by atoms with E-state index in [-0.39, 0.29) is 20.8 Å². The molecular formula is C13H18Cl2N2O25. The Hall–Kier alpha value is -1.89. The van der Waals surface area contributed by atoms with Crippen molar-refractivity contribution in [3.05, 3.63) is 33.8 Å². The lowest BCUT2D eigenvalue weighted by molar-refractivity contribution is -0.878. The average Bonchev–Trinajstić information content (AvgIpc) is 2.93. The van der Waals surface area contributed by atoms with Crippen LogP contribution in [0, 0.1) is 0 Å². The van der Waals surface area contributed by atoms with Gasteiger partial charge < -0.3 is 10.1 Å². The van der Waals surface area contributed by atoms with Crippen molar-refractivity contribution in [3.8, 4) is 0 Å². The number of nitrogens with one attached hydrogen (secondary N) is 1. The van der Waals surface area contributed by atoms with Gasteiger partial charge in [0, 0.05) is 5.23 Å². The molecule has 1 amide bonds. The summed E-state index contributed by atoms with van der Waals surface area (Å²) in [7, 11) is 0. The van der Waals surface area contributed by atoms with Crippen molar-refractivity contribution >= 4 is 29.3 Å². The van der Waals surface area contributed by atoms with Crippen LogP contribution >= 0.6 is 23.2 Å². The molecule has 0 saturated carbocycles. The van der Waals surface area contributed by atoms with Crippen LogP contribution in [0.4, 0.5) is 4.79 Å². The van der Waals surface area contributed by atoms with Crippen LogP contribution in [0.3, 0.4) is 0 Å². The number of ether oxygens (including phenoxy) is 1. The summed E-state index contributed by atoms with van der Waals surface area (Å²) in [5.74, 6) is 0. The van der Waals surface area contributed by atoms with Crippen LogP contribution in [0.15, 0.2) is 18.2 Å². The highest BCUT2D eigenvalue weighted by molar-refractivity contribution is 6.42. The maximum absolute atomic E-state index is 12.5. The van der Waals surface area contributed by atoms with E-state index < -0.39 is 24.3 Å². The number of hydrogen-bond acceptors (Lipinski definition) is 26. The summed E-state index contributed by atoms with van der Waals surface area (Å²) < 4.78 is 5.22. The fraction of sp³-hybridized carbons (Fsp3) is 0.462. The van der Waals surface area contributed by atoms with Crippen LogP contribution in [-0.2, 0) is 110 Å². The van der Waals surface area contributed by atoms with Gasteiger partial charge in [0.05, 0.1) is 22.6 Å². The van der Waals surface area contributed by atoms with Gasteiger partial charge >= 0.3 is 6.09 Å². The minimum Gasteiger partial charge on any atom is -0.444 e. The molecule has 244 valence electrons. The molecule has 27 nitrogen and oxygen atoms in total. The monoisotopic (exact) mass is 672 g/mol. The Morgan fingerprint density at radius 3 is 1.62 bits per heavy atom. The number of halogens is 2. The average molecular weight is 673 g/mol. The molecule has 0 aromatic heterocycles. The topological polar surface area (TPSA) is 276 Å². The van der Waals surface area contributed by atoms with Gasteiger partial charge in [-0.25, -0.2) is 15.3 Å². The van der Waals surface area contributed by atoms with Gasteiger partial charge in [-0.05, 0) is 128 Å². The highest BCUT2D eigenvalue weighted by atomic mass is 35.5. The molecule has 42 heavy (non-hydrogen) atoms. The predicted molar refractivity (Wildman–Crippen MR) is 103 cm³/mol. The van der Waals surface area contributed by atoms with E-state index in [2.05, 4.69) is 111 Å². The van der Waals surface area contributed by atoms with Crippen LogP contribution in [0.5, 0.6) is 0 Å². The van der Waals surface area contributed by atoms with Crippen molar-refractivity contribution in [3.63, 3.8) is 0 Å². The van der Waals surface area contributed by atoms with Gasteiger partial charge in [0.2, 0.25) is 0 Å². The number of carbonyl (C=O) groups is 1. The van der Waals surface area contributed by atoms with Crippen LogP contribution < -0.4 is 5.32 Å². The zero-order valence-corrected chi connectivity index (χ0v) is 22.0. The van der Waals surface area contributed by atoms with Crippen LogP contribution in [0.2, 0.25) is 10.0 Å². The number of rotatable bonds is 25. The summed E-state index contributed by atoms with van der Waals surface area (Å²) in [5.41, 5.74) is -0.713. The van der Waals surface area contributed by atoms with Gasteiger partial charge in [-0.15, -0.1) is 0 Å². The number of carbonyl (C=O) groups excluding carboxylic acids is 1. The van der Waals surface area contributed by atoms with E-state index in [1.165, 1.54) is 18.2 Å². The van der Waals surface area contributed by atoms with E-state index in [0.29, 0.717) is 0 Å². The minimum absolute atomic E-state index is 0.00257. The molecule has 0 fully saturated rings. The number of nitrogens with zero attached hydrogens (tertiary/aromatic N) is 1. The maximum atomic E-state index is 12.5. The molecule has 1 rings (SSSR count). The Morgan fingerprint density at radius 1 is 0.762 bits per heavy atom. The van der Waals surface area contributed by atoms with Gasteiger partial charge in [-0.3, -0.25) is 0 Å². The molecule has 0 aliphatic rings. The highest BCUT2D eigenvalue weighted by Crippen LogP contribution is 2.31. The molecular weight excluding hydrogens is 655 g/mol. The number of amides is 1. The summed E-state index contributed by atoms with van der Waals surface area (Å²) >= 11 is 12.3. The van der Waals surface area contributed by atoms with Crippen LogP contribution in [0.1, 0.15) is 32.4 Å². The number of alkyl carbamates (subject to hydrolysis) is 1. The molecule has 0 heterocycles. The maximum Gasteiger partial charge on any atom is 0.408 e. The Labute approximate surface area is 239 Å². The van der Waals surface area contributed by atoms with Crippen molar-refractivity contribution < 1.29 is 126 Å². The third-order valence-electron chi connectivity index (χ3n) is 3.08. The molecule has 1 unspecified atom stereocenters. The molecule has 29 heteroatoms. The van der Waals surface area contributed by atoms with Crippen molar-refractivity contribution in [2.45, 2.75) is 32.4 Å². The largest absolute Gasteiger partial charge is 0.444 e. The lowest BCUT2D eigenvalue weighted by Crippen LogP contribution is -2.40. The SMILES string of the molecule is CC(C)(C)OC(=O)NC(CN(OOOOOOOOOOO)OOOOOOOOOOOO)c1cccc(Cl)c1Cl. The second-order valence-electron chi connectivity index (χ2n) is 6.81. The zero-order valence-electron chi connectivity index (χ0n) is 20.5. The summed E-state index contributed by atoms with van der Waals surface area (Å²) in [4.78, 5) is 21.5. The Kier molecular flexibility index (Phi) is 21.4. The van der Waals surface area contributed by atoms with Crippen molar-refractivity contribution in [2.24, 2.45) is 0 Å². The quantitative estimate of drug-likeness (QED) is 0.0763. The second kappa shape index (κ2) is 23.6. The van der Waals surface area contributed by atoms with E-state index in [0.717, 1.165) is 0 Å². The van der Waals surface area contributed by atoms with Crippen molar-refractivity contribution in [1.82, 2.24) is 10.5 Å². The van der Waals surface area contributed by atoms with Crippen LogP contribution in [0.25, 0.3) is 0 Å². The molecule has 0 saturated heterocycles. The summed E-state index contributed by atoms with van der Waals surface area (Å²) in [5, 5.41) is 86.6. The van der Waals surface area contributed by atoms with Gasteiger partial charge in [0.15, 0.2) is 0 Å². The van der Waals surface area contributed by atoms with Gasteiger partial charge in [-0.1, -0.05) is 45.3 Å². The molecule has 0 bridgehead atoms. The Bertz CT molecular complexity index is 836. The third-order valence-corrected chi connectivity index (χ3v) is 3.92. The Balaban J connectivity index is 2.74. The molecule has 3 N–H and O–H groups in total. The second-order valence-corrected chi connectivity index (χ2v) is 7.60. The van der Waals surface area contributed by atoms with Gasteiger partial charge in [0.1, 0.15) is 5.60 Å². The van der Waals surface area contributed by atoms with Gasteiger partial charge in [0.25, 0.3) is 0 Å². The lowest BCUT2D eigenvalue weighted by atomic mass is 10.1. The predicted octanol–water partition coefficient (Wildman–Crippen LogP) is 2.37. The first-order chi connectivity index (χ1) is 20.2. The third kappa shape index (κ3) is 19.3. The lowest BCUT2D eigenvalue weighted by Gasteiger charge is -2.26. The zero-order chi connectivity index (χ0) is 31.1.